The standard InChI is InChI=1S/C8H13NO2/c1-6(2)4-3-5-7(9)8(10)11/h3,7H,5,9H2,1-2H3,(H,10,11). The molecule has 0 rings (SSSR count). The van der Waals surface area contributed by atoms with Crippen molar-refractivity contribution in [2.75, 3.05) is 0 Å². The molecule has 0 aromatic rings. The van der Waals surface area contributed by atoms with Crippen LogP contribution in [0.25, 0.3) is 0 Å². The van der Waals surface area contributed by atoms with Crippen LogP contribution in [0.5, 0.6) is 0 Å². The first-order chi connectivity index (χ1) is 5.04. The molecule has 0 fully saturated rings. The summed E-state index contributed by atoms with van der Waals surface area (Å²) in [7, 11) is 0. The third-order valence-electron chi connectivity index (χ3n) is 1.08. The molecule has 62 valence electrons. The minimum atomic E-state index is -0.975. The van der Waals surface area contributed by atoms with Gasteiger partial charge in [0.05, 0.1) is 0 Å². The van der Waals surface area contributed by atoms with Crippen molar-refractivity contribution in [1.29, 1.82) is 0 Å². The molecule has 1 atom stereocenters. The molecule has 0 heterocycles. The highest BCUT2D eigenvalue weighted by molar-refractivity contribution is 5.73. The fourth-order valence-corrected chi connectivity index (χ4v) is 0.491. The molecular weight excluding hydrogens is 142 g/mol. The monoisotopic (exact) mass is 155 g/mol. The molecule has 1 unspecified atom stereocenters. The van der Waals surface area contributed by atoms with E-state index in [4.69, 9.17) is 10.8 Å². The van der Waals surface area contributed by atoms with Gasteiger partial charge in [-0.2, -0.15) is 0 Å². The maximum absolute atomic E-state index is 10.2. The Kier molecular flexibility index (Phi) is 4.27. The van der Waals surface area contributed by atoms with Crippen molar-refractivity contribution >= 4 is 5.97 Å². The highest BCUT2D eigenvalue weighted by Gasteiger charge is 2.07. The van der Waals surface area contributed by atoms with Crippen molar-refractivity contribution < 1.29 is 9.90 Å². The Morgan fingerprint density at radius 1 is 1.73 bits per heavy atom. The molecule has 0 amide bonds. The molecule has 0 aromatic heterocycles. The molecule has 0 aromatic carbocycles. The summed E-state index contributed by atoms with van der Waals surface area (Å²) in [5.74, 6) is -0.975. The lowest BCUT2D eigenvalue weighted by molar-refractivity contribution is -0.138. The van der Waals surface area contributed by atoms with E-state index >= 15 is 0 Å². The number of aliphatic carboxylic acids is 1. The topological polar surface area (TPSA) is 63.3 Å². The summed E-state index contributed by atoms with van der Waals surface area (Å²) in [4.78, 5) is 10.2. The van der Waals surface area contributed by atoms with E-state index in [0.717, 1.165) is 5.57 Å². The maximum atomic E-state index is 10.2. The van der Waals surface area contributed by atoms with Crippen molar-refractivity contribution in [1.82, 2.24) is 0 Å². The van der Waals surface area contributed by atoms with Crippen LogP contribution in [0.4, 0.5) is 0 Å². The number of carbonyl (C=O) groups is 1. The summed E-state index contributed by atoms with van der Waals surface area (Å²) >= 11 is 0. The Morgan fingerprint density at radius 2 is 2.27 bits per heavy atom. The lowest BCUT2D eigenvalue weighted by atomic mass is 10.2. The van der Waals surface area contributed by atoms with Gasteiger partial charge in [-0.25, -0.2) is 0 Å². The summed E-state index contributed by atoms with van der Waals surface area (Å²) in [6.45, 7) is 3.78. The Balaban J connectivity index is 3.89. The normalized spacial score (nSPS) is 11.5. The minimum Gasteiger partial charge on any atom is -0.480 e. The lowest BCUT2D eigenvalue weighted by Gasteiger charge is -1.98. The summed E-state index contributed by atoms with van der Waals surface area (Å²) in [5, 5.41) is 8.37. The van der Waals surface area contributed by atoms with E-state index in [0.29, 0.717) is 6.42 Å². The van der Waals surface area contributed by atoms with Gasteiger partial charge in [-0.15, -0.1) is 5.73 Å². The van der Waals surface area contributed by atoms with Gasteiger partial charge in [0.25, 0.3) is 0 Å². The highest BCUT2D eigenvalue weighted by Crippen LogP contribution is 1.91. The first-order valence-corrected chi connectivity index (χ1v) is 3.40. The van der Waals surface area contributed by atoms with Crippen LogP contribution in [-0.2, 0) is 4.79 Å². The van der Waals surface area contributed by atoms with Gasteiger partial charge in [-0.3, -0.25) is 4.79 Å². The van der Waals surface area contributed by atoms with Crippen LogP contribution >= 0.6 is 0 Å². The van der Waals surface area contributed by atoms with Crippen molar-refractivity contribution in [3.8, 4) is 0 Å². The van der Waals surface area contributed by atoms with Crippen molar-refractivity contribution in [3.05, 3.63) is 17.4 Å². The van der Waals surface area contributed by atoms with Gasteiger partial charge < -0.3 is 10.8 Å². The van der Waals surface area contributed by atoms with Crippen LogP contribution in [-0.4, -0.2) is 17.1 Å². The van der Waals surface area contributed by atoms with Crippen LogP contribution in [0.1, 0.15) is 20.3 Å². The molecule has 0 spiro atoms. The minimum absolute atomic E-state index is 0.334. The van der Waals surface area contributed by atoms with Crippen LogP contribution < -0.4 is 5.73 Å². The van der Waals surface area contributed by atoms with Crippen LogP contribution in [0, 0.1) is 0 Å². The van der Waals surface area contributed by atoms with Gasteiger partial charge in [0, 0.05) is 0 Å². The molecule has 3 nitrogen and oxygen atoms in total. The maximum Gasteiger partial charge on any atom is 0.320 e. The van der Waals surface area contributed by atoms with Crippen LogP contribution in [0.2, 0.25) is 0 Å². The molecule has 11 heavy (non-hydrogen) atoms. The molecule has 3 N–H and O–H groups in total. The fraction of sp³-hybridized carbons (Fsp3) is 0.500. The zero-order valence-corrected chi connectivity index (χ0v) is 6.79. The van der Waals surface area contributed by atoms with E-state index in [1.54, 1.807) is 6.08 Å². The molecule has 0 aliphatic rings. The molecular formula is C8H13NO2. The average Bonchev–Trinajstić information content (AvgIpc) is 1.86. The summed E-state index contributed by atoms with van der Waals surface area (Å²) < 4.78 is 0. The van der Waals surface area contributed by atoms with E-state index in [9.17, 15) is 4.79 Å². The molecule has 0 bridgehead atoms. The van der Waals surface area contributed by atoms with E-state index in [-0.39, 0.29) is 0 Å². The second-order valence-electron chi connectivity index (χ2n) is 2.53. The number of carboxylic acid groups (broad SMARTS) is 1. The summed E-state index contributed by atoms with van der Waals surface area (Å²) in [6, 6.07) is -0.804. The third kappa shape index (κ3) is 5.40. The first kappa shape index (κ1) is 9.95. The molecule has 0 saturated carbocycles. The van der Waals surface area contributed by atoms with Crippen molar-refractivity contribution in [2.45, 2.75) is 26.3 Å². The van der Waals surface area contributed by atoms with Crippen LogP contribution in [0.3, 0.4) is 0 Å². The van der Waals surface area contributed by atoms with E-state index in [1.807, 2.05) is 13.8 Å². The molecule has 0 radical (unpaired) electrons. The van der Waals surface area contributed by atoms with E-state index in [1.165, 1.54) is 0 Å². The van der Waals surface area contributed by atoms with Crippen molar-refractivity contribution in [3.63, 3.8) is 0 Å². The number of carboxylic acids is 1. The largest absolute Gasteiger partial charge is 0.480 e. The van der Waals surface area contributed by atoms with Gasteiger partial charge in [0.15, 0.2) is 0 Å². The second-order valence-corrected chi connectivity index (χ2v) is 2.53. The lowest BCUT2D eigenvalue weighted by Crippen LogP contribution is -2.29. The quantitative estimate of drug-likeness (QED) is 0.595. The van der Waals surface area contributed by atoms with Gasteiger partial charge in [0.1, 0.15) is 6.04 Å². The second kappa shape index (κ2) is 4.72. The Morgan fingerprint density at radius 3 is 2.64 bits per heavy atom. The SMILES string of the molecule is CC(C)=C=CCC(N)C(=O)O. The number of hydrogen-bond acceptors (Lipinski definition) is 2. The highest BCUT2D eigenvalue weighted by atomic mass is 16.4. The number of hydrogen-bond donors (Lipinski definition) is 2. The zero-order chi connectivity index (χ0) is 8.85. The molecule has 0 saturated heterocycles. The van der Waals surface area contributed by atoms with Crippen molar-refractivity contribution in [2.24, 2.45) is 5.73 Å². The van der Waals surface area contributed by atoms with Crippen LogP contribution in [0.15, 0.2) is 17.4 Å². The first-order valence-electron chi connectivity index (χ1n) is 3.40. The zero-order valence-electron chi connectivity index (χ0n) is 6.79. The average molecular weight is 155 g/mol. The van der Waals surface area contributed by atoms with Gasteiger partial charge in [-0.1, -0.05) is 0 Å². The van der Waals surface area contributed by atoms with Gasteiger partial charge in [0.2, 0.25) is 0 Å². The fourth-order valence-electron chi connectivity index (χ4n) is 0.491. The molecule has 0 aliphatic carbocycles. The number of nitrogens with two attached hydrogens (primary N) is 1. The Hall–Kier alpha value is -1.05. The third-order valence-corrected chi connectivity index (χ3v) is 1.08. The van der Waals surface area contributed by atoms with Gasteiger partial charge >= 0.3 is 5.97 Å². The van der Waals surface area contributed by atoms with E-state index < -0.39 is 12.0 Å². The summed E-state index contributed by atoms with van der Waals surface area (Å²) in [6.07, 6.45) is 1.98. The summed E-state index contributed by atoms with van der Waals surface area (Å²) in [5.41, 5.74) is 9.12. The Labute approximate surface area is 66.2 Å². The predicted octanol–water partition coefficient (Wildman–Crippen LogP) is 0.910. The van der Waals surface area contributed by atoms with Gasteiger partial charge in [-0.05, 0) is 31.9 Å². The smallest absolute Gasteiger partial charge is 0.320 e. The number of rotatable bonds is 3. The molecule has 0 aliphatic heterocycles. The predicted molar refractivity (Wildman–Crippen MR) is 43.2 cm³/mol. The molecule has 3 heteroatoms. The van der Waals surface area contributed by atoms with E-state index in [2.05, 4.69) is 5.73 Å². The Bertz CT molecular complexity index is 198.